The zero-order valence-corrected chi connectivity index (χ0v) is 14.2. The average Bonchev–Trinajstić information content (AvgIpc) is 2.57. The summed E-state index contributed by atoms with van der Waals surface area (Å²) in [5, 5.41) is 19.9. The van der Waals surface area contributed by atoms with Crippen molar-refractivity contribution in [2.75, 3.05) is 11.9 Å². The summed E-state index contributed by atoms with van der Waals surface area (Å²) in [6.45, 7) is 1.50. The average molecular weight is 356 g/mol. The maximum atomic E-state index is 11.7. The van der Waals surface area contributed by atoms with Gasteiger partial charge in [-0.1, -0.05) is 6.07 Å². The molecule has 2 aromatic carbocycles. The molecule has 136 valence electrons. The lowest BCUT2D eigenvalue weighted by molar-refractivity contribution is -0.138. The van der Waals surface area contributed by atoms with Gasteiger partial charge in [-0.3, -0.25) is 10.2 Å². The molecule has 8 heteroatoms. The smallest absolute Gasteiger partial charge is 0.330 e. The molecule has 0 aliphatic heterocycles. The Balaban J connectivity index is 2.27. The molecule has 0 aromatic heterocycles. The summed E-state index contributed by atoms with van der Waals surface area (Å²) in [6.07, 6.45) is 0. The Morgan fingerprint density at radius 1 is 1.19 bits per heavy atom. The molecular weight excluding hydrogens is 336 g/mol. The summed E-state index contributed by atoms with van der Waals surface area (Å²) in [4.78, 5) is 22.6. The number of aryl methyl sites for hydroxylation is 1. The number of nitrogens with two attached hydrogens (primary N) is 2. The number of ether oxygens (including phenoxy) is 1. The van der Waals surface area contributed by atoms with Crippen LogP contribution in [0.3, 0.4) is 0 Å². The number of amides is 1. The third-order valence-electron chi connectivity index (χ3n) is 3.54. The molecule has 2 rings (SSSR count). The van der Waals surface area contributed by atoms with E-state index in [2.05, 4.69) is 5.32 Å². The van der Waals surface area contributed by atoms with Gasteiger partial charge in [0, 0.05) is 11.3 Å². The van der Waals surface area contributed by atoms with Crippen molar-refractivity contribution in [3.05, 3.63) is 59.2 Å². The van der Waals surface area contributed by atoms with Crippen LogP contribution in [0.25, 0.3) is 0 Å². The monoisotopic (exact) mass is 356 g/mol. The Morgan fingerprint density at radius 3 is 2.38 bits per heavy atom. The minimum atomic E-state index is -1.08. The van der Waals surface area contributed by atoms with E-state index in [4.69, 9.17) is 21.6 Å². The van der Waals surface area contributed by atoms with E-state index >= 15 is 0 Å². The van der Waals surface area contributed by atoms with Crippen LogP contribution >= 0.6 is 0 Å². The summed E-state index contributed by atoms with van der Waals surface area (Å²) < 4.78 is 5.28. The van der Waals surface area contributed by atoms with Gasteiger partial charge in [-0.05, 0) is 54.4 Å². The maximum Gasteiger partial charge on any atom is 0.330 e. The summed E-state index contributed by atoms with van der Waals surface area (Å²) in [7, 11) is 0. The molecule has 2 aromatic rings. The van der Waals surface area contributed by atoms with Gasteiger partial charge in [0.1, 0.15) is 11.6 Å². The first kappa shape index (κ1) is 18.8. The van der Waals surface area contributed by atoms with Gasteiger partial charge in [0.2, 0.25) is 0 Å². The number of carbonyl (C=O) groups excluding carboxylic acids is 1. The lowest BCUT2D eigenvalue weighted by Crippen LogP contribution is -2.22. The molecule has 0 aliphatic carbocycles. The van der Waals surface area contributed by atoms with Gasteiger partial charge in [-0.15, -0.1) is 0 Å². The maximum absolute atomic E-state index is 11.7. The van der Waals surface area contributed by atoms with E-state index in [-0.39, 0.29) is 12.4 Å². The van der Waals surface area contributed by atoms with E-state index < -0.39 is 17.9 Å². The quantitative estimate of drug-likeness (QED) is 0.356. The number of carbonyl (C=O) groups is 2. The van der Waals surface area contributed by atoms with Crippen LogP contribution in [0.4, 0.5) is 5.69 Å². The van der Waals surface area contributed by atoms with Crippen LogP contribution in [-0.4, -0.2) is 29.4 Å². The number of aliphatic carboxylic acids is 1. The SMILES string of the molecule is Cc1cc(OCC(N)=O)cc(C(Nc2ccc(C(=N)N)cc2)C(=O)O)c1. The Morgan fingerprint density at radius 2 is 1.85 bits per heavy atom. The van der Waals surface area contributed by atoms with Gasteiger partial charge >= 0.3 is 5.97 Å². The van der Waals surface area contributed by atoms with E-state index in [0.717, 1.165) is 5.56 Å². The van der Waals surface area contributed by atoms with Gasteiger partial charge in [0.25, 0.3) is 5.91 Å². The molecular formula is C18H20N4O4. The Bertz CT molecular complexity index is 834. The number of primary amides is 1. The number of carboxylic acid groups (broad SMARTS) is 1. The van der Waals surface area contributed by atoms with Gasteiger partial charge in [0.05, 0.1) is 0 Å². The van der Waals surface area contributed by atoms with Crippen molar-refractivity contribution in [1.82, 2.24) is 0 Å². The first-order valence-corrected chi connectivity index (χ1v) is 7.73. The number of amidine groups is 1. The predicted molar refractivity (Wildman–Crippen MR) is 97.3 cm³/mol. The van der Waals surface area contributed by atoms with Crippen LogP contribution in [0.2, 0.25) is 0 Å². The fourth-order valence-electron chi connectivity index (χ4n) is 2.38. The predicted octanol–water partition coefficient (Wildman–Crippen LogP) is 1.38. The van der Waals surface area contributed by atoms with Crippen molar-refractivity contribution in [1.29, 1.82) is 5.41 Å². The largest absolute Gasteiger partial charge is 0.484 e. The zero-order chi connectivity index (χ0) is 19.3. The van der Waals surface area contributed by atoms with Gasteiger partial charge in [0.15, 0.2) is 12.6 Å². The van der Waals surface area contributed by atoms with Crippen molar-refractivity contribution in [2.24, 2.45) is 11.5 Å². The highest BCUT2D eigenvalue weighted by Gasteiger charge is 2.21. The third kappa shape index (κ3) is 4.97. The summed E-state index contributed by atoms with van der Waals surface area (Å²) in [5.41, 5.74) is 12.8. The number of nitrogen functional groups attached to an aromatic ring is 1. The van der Waals surface area contributed by atoms with Crippen LogP contribution in [0.5, 0.6) is 5.75 Å². The first-order valence-electron chi connectivity index (χ1n) is 7.73. The number of benzene rings is 2. The minimum absolute atomic E-state index is 0.0683. The zero-order valence-electron chi connectivity index (χ0n) is 14.2. The molecule has 26 heavy (non-hydrogen) atoms. The van der Waals surface area contributed by atoms with Crippen molar-refractivity contribution in [2.45, 2.75) is 13.0 Å². The molecule has 1 atom stereocenters. The second-order valence-electron chi connectivity index (χ2n) is 5.74. The first-order chi connectivity index (χ1) is 12.3. The van der Waals surface area contributed by atoms with E-state index in [1.165, 1.54) is 0 Å². The van der Waals surface area contributed by atoms with E-state index in [1.807, 2.05) is 0 Å². The molecule has 8 nitrogen and oxygen atoms in total. The lowest BCUT2D eigenvalue weighted by Gasteiger charge is -2.18. The fourth-order valence-corrected chi connectivity index (χ4v) is 2.38. The van der Waals surface area contributed by atoms with Crippen LogP contribution in [0.1, 0.15) is 22.7 Å². The van der Waals surface area contributed by atoms with Crippen molar-refractivity contribution in [3.8, 4) is 5.75 Å². The van der Waals surface area contributed by atoms with Crippen molar-refractivity contribution in [3.63, 3.8) is 0 Å². The van der Waals surface area contributed by atoms with E-state index in [1.54, 1.807) is 49.4 Å². The molecule has 0 heterocycles. The van der Waals surface area contributed by atoms with Crippen LogP contribution in [0.15, 0.2) is 42.5 Å². The topological polar surface area (TPSA) is 152 Å². The molecule has 1 amide bonds. The molecule has 0 saturated carbocycles. The molecule has 0 saturated heterocycles. The molecule has 0 aliphatic rings. The highest BCUT2D eigenvalue weighted by molar-refractivity contribution is 5.95. The van der Waals surface area contributed by atoms with Gasteiger partial charge < -0.3 is 26.6 Å². The number of anilines is 1. The number of hydrogen-bond donors (Lipinski definition) is 5. The van der Waals surface area contributed by atoms with E-state index in [0.29, 0.717) is 22.6 Å². The van der Waals surface area contributed by atoms with Crippen molar-refractivity contribution < 1.29 is 19.4 Å². The van der Waals surface area contributed by atoms with Crippen LogP contribution in [-0.2, 0) is 9.59 Å². The minimum Gasteiger partial charge on any atom is -0.484 e. The number of carboxylic acids is 1. The highest BCUT2D eigenvalue weighted by atomic mass is 16.5. The van der Waals surface area contributed by atoms with Gasteiger partial charge in [-0.25, -0.2) is 4.79 Å². The molecule has 0 spiro atoms. The molecule has 1 unspecified atom stereocenters. The summed E-state index contributed by atoms with van der Waals surface area (Å²) >= 11 is 0. The lowest BCUT2D eigenvalue weighted by atomic mass is 10.0. The Hall–Kier alpha value is -3.55. The number of nitrogens with one attached hydrogen (secondary N) is 2. The Kier molecular flexibility index (Phi) is 5.79. The molecule has 0 fully saturated rings. The highest BCUT2D eigenvalue weighted by Crippen LogP contribution is 2.25. The number of rotatable bonds is 8. The standard InChI is InChI=1S/C18H20N4O4/c1-10-6-12(8-14(7-10)26-9-15(19)23)16(18(24)25)22-13-4-2-11(3-5-13)17(20)21/h2-8,16,22H,9H2,1H3,(H2,19,23)(H3,20,21)(H,24,25). The van der Waals surface area contributed by atoms with Gasteiger partial charge in [-0.2, -0.15) is 0 Å². The number of hydrogen-bond acceptors (Lipinski definition) is 5. The molecule has 0 bridgehead atoms. The molecule has 7 N–H and O–H groups in total. The van der Waals surface area contributed by atoms with E-state index in [9.17, 15) is 14.7 Å². The second kappa shape index (κ2) is 8.02. The Labute approximate surface area is 150 Å². The summed E-state index contributed by atoms with van der Waals surface area (Å²) in [5.74, 6) is -1.40. The molecule has 0 radical (unpaired) electrons. The van der Waals surface area contributed by atoms with Crippen LogP contribution in [0, 0.1) is 12.3 Å². The van der Waals surface area contributed by atoms with Crippen molar-refractivity contribution >= 4 is 23.4 Å². The fraction of sp³-hybridized carbons (Fsp3) is 0.167. The third-order valence-corrected chi connectivity index (χ3v) is 3.54. The van der Waals surface area contributed by atoms with Crippen LogP contribution < -0.4 is 21.5 Å². The second-order valence-corrected chi connectivity index (χ2v) is 5.74. The summed E-state index contributed by atoms with van der Waals surface area (Å²) in [6, 6.07) is 10.5. The normalized spacial score (nSPS) is 11.4.